The second-order valence-electron chi connectivity index (χ2n) is 6.69. The number of hydrogen-bond donors (Lipinski definition) is 1. The SMILES string of the molecule is Cc1ccc(C2NC(=O)N(C)C3=C2C(=O)N(C(C)C)C3)c(C)c1. The number of likely N-dealkylation sites (N-methyl/N-ethyl adjacent to an activating group) is 1. The summed E-state index contributed by atoms with van der Waals surface area (Å²) in [4.78, 5) is 28.6. The fourth-order valence-corrected chi connectivity index (χ4v) is 3.39. The largest absolute Gasteiger partial charge is 0.331 e. The van der Waals surface area contributed by atoms with Crippen molar-refractivity contribution in [3.05, 3.63) is 46.2 Å². The van der Waals surface area contributed by atoms with Gasteiger partial charge in [0.15, 0.2) is 0 Å². The van der Waals surface area contributed by atoms with E-state index in [1.807, 2.05) is 44.7 Å². The van der Waals surface area contributed by atoms with Crippen molar-refractivity contribution in [2.45, 2.75) is 39.8 Å². The van der Waals surface area contributed by atoms with Gasteiger partial charge in [-0.05, 0) is 38.8 Å². The fraction of sp³-hybridized carbons (Fsp3) is 0.444. The van der Waals surface area contributed by atoms with Gasteiger partial charge < -0.3 is 10.2 Å². The number of hydrogen-bond acceptors (Lipinski definition) is 2. The summed E-state index contributed by atoms with van der Waals surface area (Å²) in [7, 11) is 1.72. The average molecular weight is 313 g/mol. The molecule has 0 aromatic heterocycles. The molecule has 23 heavy (non-hydrogen) atoms. The summed E-state index contributed by atoms with van der Waals surface area (Å²) >= 11 is 0. The molecule has 1 aromatic rings. The summed E-state index contributed by atoms with van der Waals surface area (Å²) in [5.74, 6) is 0.0202. The van der Waals surface area contributed by atoms with E-state index in [-0.39, 0.29) is 24.0 Å². The molecule has 3 amide bonds. The molecule has 2 heterocycles. The molecule has 1 unspecified atom stereocenters. The number of nitrogens with zero attached hydrogens (tertiary/aromatic N) is 2. The van der Waals surface area contributed by atoms with Crippen molar-refractivity contribution in [2.24, 2.45) is 0 Å². The molecule has 0 saturated heterocycles. The first kappa shape index (κ1) is 15.6. The third-order valence-corrected chi connectivity index (χ3v) is 4.75. The first-order chi connectivity index (χ1) is 10.8. The lowest BCUT2D eigenvalue weighted by Crippen LogP contribution is -2.45. The maximum atomic E-state index is 12.9. The summed E-state index contributed by atoms with van der Waals surface area (Å²) in [6, 6.07) is 5.69. The third kappa shape index (κ3) is 2.40. The smallest absolute Gasteiger partial charge is 0.322 e. The molecule has 0 bridgehead atoms. The molecular formula is C18H23N3O2. The van der Waals surface area contributed by atoms with Gasteiger partial charge in [-0.2, -0.15) is 0 Å². The van der Waals surface area contributed by atoms with Crippen molar-refractivity contribution in [3.8, 4) is 0 Å². The van der Waals surface area contributed by atoms with Crippen LogP contribution in [0.5, 0.6) is 0 Å². The number of carbonyl (C=O) groups is 2. The van der Waals surface area contributed by atoms with E-state index in [2.05, 4.69) is 11.4 Å². The van der Waals surface area contributed by atoms with Crippen LogP contribution < -0.4 is 5.32 Å². The van der Waals surface area contributed by atoms with E-state index in [1.54, 1.807) is 11.9 Å². The molecular weight excluding hydrogens is 290 g/mol. The van der Waals surface area contributed by atoms with E-state index in [9.17, 15) is 9.59 Å². The van der Waals surface area contributed by atoms with Crippen LogP contribution in [0.4, 0.5) is 4.79 Å². The summed E-state index contributed by atoms with van der Waals surface area (Å²) in [6.07, 6.45) is 0. The van der Waals surface area contributed by atoms with Gasteiger partial charge in [0.2, 0.25) is 0 Å². The molecule has 0 aliphatic carbocycles. The van der Waals surface area contributed by atoms with Crippen molar-refractivity contribution >= 4 is 11.9 Å². The van der Waals surface area contributed by atoms with Crippen LogP contribution >= 0.6 is 0 Å². The standard InChI is InChI=1S/C18H23N3O2/c1-10(2)21-9-14-15(17(21)22)16(19-18(23)20(14)5)13-7-6-11(3)8-12(13)4/h6-8,10,16H,9H2,1-5H3,(H,19,23). The lowest BCUT2D eigenvalue weighted by molar-refractivity contribution is -0.127. The Balaban J connectivity index is 2.10. The molecule has 5 nitrogen and oxygen atoms in total. The average Bonchev–Trinajstić information content (AvgIpc) is 2.82. The Morgan fingerprint density at radius 3 is 2.52 bits per heavy atom. The monoisotopic (exact) mass is 313 g/mol. The minimum absolute atomic E-state index is 0.0202. The van der Waals surface area contributed by atoms with Gasteiger partial charge in [0, 0.05) is 13.1 Å². The zero-order chi connectivity index (χ0) is 16.9. The van der Waals surface area contributed by atoms with E-state index in [0.29, 0.717) is 12.1 Å². The Kier molecular flexibility index (Phi) is 3.66. The number of amides is 3. The summed E-state index contributed by atoms with van der Waals surface area (Å²) in [6.45, 7) is 8.55. The molecule has 122 valence electrons. The fourth-order valence-electron chi connectivity index (χ4n) is 3.39. The molecule has 2 aliphatic rings. The highest BCUT2D eigenvalue weighted by atomic mass is 16.2. The number of carbonyl (C=O) groups excluding carboxylic acids is 2. The van der Waals surface area contributed by atoms with Crippen LogP contribution in [-0.4, -0.2) is 41.4 Å². The molecule has 3 rings (SSSR count). The van der Waals surface area contributed by atoms with Crippen molar-refractivity contribution in [2.75, 3.05) is 13.6 Å². The molecule has 1 N–H and O–H groups in total. The molecule has 1 aromatic carbocycles. The van der Waals surface area contributed by atoms with Crippen LogP contribution in [-0.2, 0) is 4.79 Å². The highest BCUT2D eigenvalue weighted by Crippen LogP contribution is 2.37. The molecule has 1 atom stereocenters. The summed E-state index contributed by atoms with van der Waals surface area (Å²) in [5.41, 5.74) is 4.76. The quantitative estimate of drug-likeness (QED) is 0.912. The first-order valence-electron chi connectivity index (χ1n) is 7.96. The molecule has 5 heteroatoms. The van der Waals surface area contributed by atoms with Gasteiger partial charge in [0.25, 0.3) is 5.91 Å². The predicted molar refractivity (Wildman–Crippen MR) is 88.8 cm³/mol. The Morgan fingerprint density at radius 2 is 1.91 bits per heavy atom. The maximum Gasteiger partial charge on any atom is 0.322 e. The van der Waals surface area contributed by atoms with Crippen LogP contribution in [0.25, 0.3) is 0 Å². The minimum Gasteiger partial charge on any atom is -0.331 e. The molecule has 0 radical (unpaired) electrons. The molecule has 0 fully saturated rings. The Morgan fingerprint density at radius 1 is 1.22 bits per heavy atom. The van der Waals surface area contributed by atoms with Crippen LogP contribution in [0.15, 0.2) is 29.5 Å². The second-order valence-corrected chi connectivity index (χ2v) is 6.69. The number of aryl methyl sites for hydroxylation is 2. The number of nitrogens with one attached hydrogen (secondary N) is 1. The highest BCUT2D eigenvalue weighted by Gasteiger charge is 2.43. The summed E-state index contributed by atoms with van der Waals surface area (Å²) < 4.78 is 0. The third-order valence-electron chi connectivity index (χ3n) is 4.75. The van der Waals surface area contributed by atoms with Crippen molar-refractivity contribution in [1.82, 2.24) is 15.1 Å². The van der Waals surface area contributed by atoms with Crippen LogP contribution in [0.3, 0.4) is 0 Å². The topological polar surface area (TPSA) is 52.7 Å². The van der Waals surface area contributed by atoms with E-state index >= 15 is 0 Å². The molecule has 2 aliphatic heterocycles. The van der Waals surface area contributed by atoms with Crippen LogP contribution in [0.2, 0.25) is 0 Å². The normalized spacial score (nSPS) is 21.2. The first-order valence-corrected chi connectivity index (χ1v) is 7.96. The van der Waals surface area contributed by atoms with Gasteiger partial charge in [-0.25, -0.2) is 4.79 Å². The van der Waals surface area contributed by atoms with Crippen molar-refractivity contribution < 1.29 is 9.59 Å². The Labute approximate surface area is 137 Å². The zero-order valence-corrected chi connectivity index (χ0v) is 14.3. The second kappa shape index (κ2) is 5.41. The summed E-state index contributed by atoms with van der Waals surface area (Å²) in [5, 5.41) is 2.99. The lowest BCUT2D eigenvalue weighted by atomic mass is 9.91. The number of rotatable bonds is 2. The van der Waals surface area contributed by atoms with Gasteiger partial charge in [-0.15, -0.1) is 0 Å². The van der Waals surface area contributed by atoms with Crippen LogP contribution in [0.1, 0.15) is 36.6 Å². The molecule has 0 spiro atoms. The molecule has 0 saturated carbocycles. The Bertz CT molecular complexity index is 721. The Hall–Kier alpha value is -2.30. The van der Waals surface area contributed by atoms with Gasteiger partial charge in [-0.1, -0.05) is 23.8 Å². The minimum atomic E-state index is -0.370. The van der Waals surface area contributed by atoms with Crippen LogP contribution in [0, 0.1) is 13.8 Å². The highest BCUT2D eigenvalue weighted by molar-refractivity contribution is 6.01. The predicted octanol–water partition coefficient (Wildman–Crippen LogP) is 2.50. The zero-order valence-electron chi connectivity index (χ0n) is 14.3. The van der Waals surface area contributed by atoms with E-state index < -0.39 is 0 Å². The van der Waals surface area contributed by atoms with E-state index in [1.165, 1.54) is 5.56 Å². The van der Waals surface area contributed by atoms with Gasteiger partial charge in [0.1, 0.15) is 0 Å². The van der Waals surface area contributed by atoms with E-state index in [4.69, 9.17) is 0 Å². The number of urea groups is 1. The van der Waals surface area contributed by atoms with Crippen molar-refractivity contribution in [3.63, 3.8) is 0 Å². The van der Waals surface area contributed by atoms with Gasteiger partial charge in [-0.3, -0.25) is 9.69 Å². The lowest BCUT2D eigenvalue weighted by Gasteiger charge is -2.31. The maximum absolute atomic E-state index is 12.9. The van der Waals surface area contributed by atoms with E-state index in [0.717, 1.165) is 16.8 Å². The van der Waals surface area contributed by atoms with Gasteiger partial charge in [0.05, 0.1) is 23.9 Å². The van der Waals surface area contributed by atoms with Crippen molar-refractivity contribution in [1.29, 1.82) is 0 Å². The number of benzene rings is 1. The van der Waals surface area contributed by atoms with Gasteiger partial charge >= 0.3 is 6.03 Å².